The van der Waals surface area contributed by atoms with Crippen molar-refractivity contribution in [3.8, 4) is 5.75 Å². The van der Waals surface area contributed by atoms with Gasteiger partial charge in [-0.2, -0.15) is 0 Å². The Bertz CT molecular complexity index is 456. The Balaban J connectivity index is 2.08. The number of benzene rings is 1. The number of carbonyl (C=O) groups excluding carboxylic acids is 1. The molecule has 5 heteroatoms. The predicted octanol–water partition coefficient (Wildman–Crippen LogP) is 1.53. The standard InChI is InChI=1S/C14H20N2O3/c1-3-19-12-8-14(9-12,13(15)17)16-10-5-4-6-11(7-10)18-2/h4-7,12,16H,3,8-9H2,1-2H3,(H2,15,17). The second kappa shape index (κ2) is 5.48. The van der Waals surface area contributed by atoms with Gasteiger partial charge in [0.1, 0.15) is 11.3 Å². The predicted molar refractivity (Wildman–Crippen MR) is 73.2 cm³/mol. The Morgan fingerprint density at radius 2 is 2.26 bits per heavy atom. The first kappa shape index (κ1) is 13.7. The minimum Gasteiger partial charge on any atom is -0.497 e. The fraction of sp³-hybridized carbons (Fsp3) is 0.500. The van der Waals surface area contributed by atoms with Crippen molar-refractivity contribution in [2.75, 3.05) is 19.0 Å². The second-order valence-corrected chi connectivity index (χ2v) is 4.79. The molecule has 1 saturated carbocycles. The lowest BCUT2D eigenvalue weighted by Gasteiger charge is -2.45. The number of hydrogen-bond acceptors (Lipinski definition) is 4. The number of nitrogens with two attached hydrogens (primary N) is 1. The van der Waals surface area contributed by atoms with Crippen LogP contribution in [0.4, 0.5) is 5.69 Å². The van der Waals surface area contributed by atoms with E-state index in [1.165, 1.54) is 0 Å². The maximum absolute atomic E-state index is 11.7. The van der Waals surface area contributed by atoms with Crippen molar-refractivity contribution in [2.45, 2.75) is 31.4 Å². The number of ether oxygens (including phenoxy) is 2. The van der Waals surface area contributed by atoms with E-state index in [4.69, 9.17) is 15.2 Å². The molecule has 0 bridgehead atoms. The number of hydrogen-bond donors (Lipinski definition) is 2. The van der Waals surface area contributed by atoms with E-state index in [1.807, 2.05) is 31.2 Å². The summed E-state index contributed by atoms with van der Waals surface area (Å²) in [5.74, 6) is 0.400. The van der Waals surface area contributed by atoms with Crippen LogP contribution in [0.25, 0.3) is 0 Å². The van der Waals surface area contributed by atoms with Crippen LogP contribution in [0.3, 0.4) is 0 Å². The van der Waals surface area contributed by atoms with Gasteiger partial charge >= 0.3 is 0 Å². The molecule has 3 N–H and O–H groups in total. The maximum atomic E-state index is 11.7. The molecular weight excluding hydrogens is 244 g/mol. The SMILES string of the molecule is CCOC1CC(Nc2cccc(OC)c2)(C(N)=O)C1. The molecule has 1 aromatic rings. The number of nitrogens with one attached hydrogen (secondary N) is 1. The van der Waals surface area contributed by atoms with E-state index in [-0.39, 0.29) is 12.0 Å². The molecule has 2 rings (SSSR count). The molecule has 0 aromatic heterocycles. The Kier molecular flexibility index (Phi) is 3.95. The zero-order chi connectivity index (χ0) is 13.9. The minimum atomic E-state index is -0.702. The highest BCUT2D eigenvalue weighted by Crippen LogP contribution is 2.38. The minimum absolute atomic E-state index is 0.107. The van der Waals surface area contributed by atoms with Gasteiger partial charge in [0.15, 0.2) is 0 Å². The van der Waals surface area contributed by atoms with Crippen LogP contribution in [-0.4, -0.2) is 31.3 Å². The van der Waals surface area contributed by atoms with Gasteiger partial charge in [-0.15, -0.1) is 0 Å². The third-order valence-corrected chi connectivity index (χ3v) is 3.48. The lowest BCUT2D eigenvalue weighted by molar-refractivity contribution is -0.131. The molecule has 0 aliphatic heterocycles. The summed E-state index contributed by atoms with van der Waals surface area (Å²) in [6.45, 7) is 2.60. The average molecular weight is 264 g/mol. The molecule has 0 saturated heterocycles. The van der Waals surface area contributed by atoms with Crippen LogP contribution in [0.2, 0.25) is 0 Å². The second-order valence-electron chi connectivity index (χ2n) is 4.79. The summed E-state index contributed by atoms with van der Waals surface area (Å²) in [6, 6.07) is 7.46. The monoisotopic (exact) mass is 264 g/mol. The van der Waals surface area contributed by atoms with Gasteiger partial charge < -0.3 is 20.5 Å². The van der Waals surface area contributed by atoms with E-state index >= 15 is 0 Å². The number of amides is 1. The quantitative estimate of drug-likeness (QED) is 0.817. The van der Waals surface area contributed by atoms with Crippen LogP contribution in [0.15, 0.2) is 24.3 Å². The summed E-state index contributed by atoms with van der Waals surface area (Å²) in [6.07, 6.45) is 1.32. The molecule has 0 heterocycles. The summed E-state index contributed by atoms with van der Waals surface area (Å²) in [7, 11) is 1.61. The summed E-state index contributed by atoms with van der Waals surface area (Å²) in [5, 5.41) is 3.22. The van der Waals surface area contributed by atoms with Gasteiger partial charge in [0.25, 0.3) is 0 Å². The van der Waals surface area contributed by atoms with Gasteiger partial charge in [-0.1, -0.05) is 6.07 Å². The van der Waals surface area contributed by atoms with Crippen molar-refractivity contribution >= 4 is 11.6 Å². The van der Waals surface area contributed by atoms with Crippen LogP contribution < -0.4 is 15.8 Å². The van der Waals surface area contributed by atoms with Crippen LogP contribution in [0, 0.1) is 0 Å². The summed E-state index contributed by atoms with van der Waals surface area (Å²) in [4.78, 5) is 11.7. The van der Waals surface area contributed by atoms with Crippen molar-refractivity contribution in [2.24, 2.45) is 5.73 Å². The third-order valence-electron chi connectivity index (χ3n) is 3.48. The van der Waals surface area contributed by atoms with E-state index in [1.54, 1.807) is 7.11 Å². The number of rotatable bonds is 6. The molecule has 104 valence electrons. The third kappa shape index (κ3) is 2.81. The van der Waals surface area contributed by atoms with Crippen LogP contribution >= 0.6 is 0 Å². The zero-order valence-electron chi connectivity index (χ0n) is 11.3. The Labute approximate surface area is 113 Å². The van der Waals surface area contributed by atoms with E-state index in [9.17, 15) is 4.79 Å². The van der Waals surface area contributed by atoms with E-state index in [0.29, 0.717) is 19.4 Å². The van der Waals surface area contributed by atoms with Crippen molar-refractivity contribution in [3.63, 3.8) is 0 Å². The molecule has 0 atom stereocenters. The molecule has 19 heavy (non-hydrogen) atoms. The normalized spacial score (nSPS) is 25.5. The molecule has 0 spiro atoms. The van der Waals surface area contributed by atoms with Gasteiger partial charge in [-0.3, -0.25) is 4.79 Å². The lowest BCUT2D eigenvalue weighted by atomic mass is 9.73. The molecule has 1 fully saturated rings. The molecule has 5 nitrogen and oxygen atoms in total. The van der Waals surface area contributed by atoms with Gasteiger partial charge in [0, 0.05) is 31.2 Å². The van der Waals surface area contributed by atoms with Crippen molar-refractivity contribution in [1.82, 2.24) is 0 Å². The molecule has 1 aliphatic rings. The summed E-state index contributed by atoms with van der Waals surface area (Å²) >= 11 is 0. The highest BCUT2D eigenvalue weighted by Gasteiger charge is 2.49. The van der Waals surface area contributed by atoms with Crippen LogP contribution in [-0.2, 0) is 9.53 Å². The van der Waals surface area contributed by atoms with Crippen molar-refractivity contribution in [3.05, 3.63) is 24.3 Å². The van der Waals surface area contributed by atoms with Crippen molar-refractivity contribution < 1.29 is 14.3 Å². The molecule has 1 aliphatic carbocycles. The Morgan fingerprint density at radius 3 is 2.84 bits per heavy atom. The largest absolute Gasteiger partial charge is 0.497 e. The molecular formula is C14H20N2O3. The molecule has 0 radical (unpaired) electrons. The van der Waals surface area contributed by atoms with E-state index < -0.39 is 5.54 Å². The lowest BCUT2D eigenvalue weighted by Crippen LogP contribution is -2.61. The van der Waals surface area contributed by atoms with Gasteiger partial charge in [0.05, 0.1) is 13.2 Å². The van der Waals surface area contributed by atoms with Crippen LogP contribution in [0.5, 0.6) is 5.75 Å². The summed E-state index contributed by atoms with van der Waals surface area (Å²) < 4.78 is 10.7. The first-order valence-electron chi connectivity index (χ1n) is 6.43. The number of methoxy groups -OCH3 is 1. The molecule has 1 amide bonds. The topological polar surface area (TPSA) is 73.6 Å². The smallest absolute Gasteiger partial charge is 0.243 e. The van der Waals surface area contributed by atoms with E-state index in [2.05, 4.69) is 5.32 Å². The number of primary amides is 1. The van der Waals surface area contributed by atoms with Crippen molar-refractivity contribution in [1.29, 1.82) is 0 Å². The van der Waals surface area contributed by atoms with Gasteiger partial charge in [-0.05, 0) is 19.1 Å². The average Bonchev–Trinajstić information content (AvgIpc) is 2.36. The maximum Gasteiger partial charge on any atom is 0.243 e. The van der Waals surface area contributed by atoms with Gasteiger partial charge in [-0.25, -0.2) is 0 Å². The van der Waals surface area contributed by atoms with Crippen LogP contribution in [0.1, 0.15) is 19.8 Å². The highest BCUT2D eigenvalue weighted by molar-refractivity contribution is 5.89. The van der Waals surface area contributed by atoms with E-state index in [0.717, 1.165) is 11.4 Å². The fourth-order valence-electron chi connectivity index (χ4n) is 2.41. The first-order chi connectivity index (χ1) is 9.09. The molecule has 1 aromatic carbocycles. The Morgan fingerprint density at radius 1 is 1.53 bits per heavy atom. The molecule has 0 unspecified atom stereocenters. The zero-order valence-corrected chi connectivity index (χ0v) is 11.3. The summed E-state index contributed by atoms with van der Waals surface area (Å²) in [5.41, 5.74) is 5.65. The number of anilines is 1. The first-order valence-corrected chi connectivity index (χ1v) is 6.43. The fourth-order valence-corrected chi connectivity index (χ4v) is 2.41. The highest BCUT2D eigenvalue weighted by atomic mass is 16.5. The number of carbonyl (C=O) groups is 1. The Hall–Kier alpha value is -1.75. The van der Waals surface area contributed by atoms with Gasteiger partial charge in [0.2, 0.25) is 5.91 Å².